The Morgan fingerprint density at radius 2 is 1.83 bits per heavy atom. The van der Waals surface area contributed by atoms with Crippen molar-refractivity contribution in [3.63, 3.8) is 0 Å². The minimum Gasteiger partial charge on any atom is -0.464 e. The van der Waals surface area contributed by atoms with Crippen LogP contribution < -0.4 is 26.0 Å². The lowest BCUT2D eigenvalue weighted by atomic mass is 9.90. The summed E-state index contributed by atoms with van der Waals surface area (Å²) in [5.41, 5.74) is 5.84. The molecule has 3 aliphatic heterocycles. The van der Waals surface area contributed by atoms with Crippen LogP contribution in [0, 0.1) is 18.8 Å². The van der Waals surface area contributed by atoms with Crippen LogP contribution in [0.3, 0.4) is 0 Å². The number of carbonyl (C=O) groups is 3. The summed E-state index contributed by atoms with van der Waals surface area (Å²) in [4.78, 5) is 73.5. The third kappa shape index (κ3) is 7.26. The number of amides is 3. The summed E-state index contributed by atoms with van der Waals surface area (Å²) in [5, 5.41) is 6.77. The quantitative estimate of drug-likeness (QED) is 0.169. The summed E-state index contributed by atoms with van der Waals surface area (Å²) in [6, 6.07) is 12.6. The number of halogens is 1. The molecule has 2 fully saturated rings. The van der Waals surface area contributed by atoms with Gasteiger partial charge < -0.3 is 24.1 Å². The smallest absolute Gasteiger partial charge is 0.270 e. The molecule has 1 atom stereocenters. The summed E-state index contributed by atoms with van der Waals surface area (Å²) in [6.07, 6.45) is 7.19. The van der Waals surface area contributed by atoms with E-state index in [0.29, 0.717) is 84.2 Å². The predicted octanol–water partition coefficient (Wildman–Crippen LogP) is 5.16. The minimum absolute atomic E-state index is 0.0785. The molecule has 3 aliphatic rings. The van der Waals surface area contributed by atoms with Crippen LogP contribution in [-0.2, 0) is 23.1 Å². The number of imide groups is 1. The zero-order valence-electron chi connectivity index (χ0n) is 32.5. The molecule has 14 nitrogen and oxygen atoms in total. The summed E-state index contributed by atoms with van der Waals surface area (Å²) in [6.45, 7) is 3.65. The molecule has 6 aromatic rings. The average Bonchev–Trinajstić information content (AvgIpc) is 3.67. The van der Waals surface area contributed by atoms with Gasteiger partial charge in [0, 0.05) is 78.4 Å². The van der Waals surface area contributed by atoms with Gasteiger partial charge in [0.15, 0.2) is 5.82 Å². The van der Waals surface area contributed by atoms with E-state index in [-0.39, 0.29) is 41.9 Å². The monoisotopic (exact) mass is 793 g/mol. The van der Waals surface area contributed by atoms with Gasteiger partial charge in [-0.25, -0.2) is 19.3 Å². The molecule has 15 heteroatoms. The molecular formula is C44H40FN9O5. The van der Waals surface area contributed by atoms with Crippen LogP contribution in [-0.4, -0.2) is 74.6 Å². The average molecular weight is 794 g/mol. The molecule has 0 radical (unpaired) electrons. The number of furan rings is 1. The topological polar surface area (TPSA) is 168 Å². The lowest BCUT2D eigenvalue weighted by molar-refractivity contribution is -0.134. The van der Waals surface area contributed by atoms with E-state index in [0.717, 1.165) is 40.5 Å². The second kappa shape index (κ2) is 15.4. The fourth-order valence-corrected chi connectivity index (χ4v) is 8.14. The Kier molecular flexibility index (Phi) is 9.84. The van der Waals surface area contributed by atoms with E-state index in [1.807, 2.05) is 18.2 Å². The predicted molar refractivity (Wildman–Crippen MR) is 219 cm³/mol. The molecule has 0 saturated carbocycles. The number of piperidine rings is 2. The number of aryl methyl sites for hydroxylation is 3. The third-order valence-corrected chi connectivity index (χ3v) is 11.3. The zero-order chi connectivity index (χ0) is 40.8. The molecule has 59 heavy (non-hydrogen) atoms. The Hall–Kier alpha value is -6.95. The minimum atomic E-state index is -0.824. The fourth-order valence-electron chi connectivity index (χ4n) is 8.14. The first-order valence-electron chi connectivity index (χ1n) is 19.7. The molecule has 0 aliphatic carbocycles. The Bertz CT molecular complexity index is 2800. The summed E-state index contributed by atoms with van der Waals surface area (Å²) in [5.74, 6) is 6.43. The van der Waals surface area contributed by atoms with Crippen LogP contribution in [0.5, 0.6) is 0 Å². The van der Waals surface area contributed by atoms with Gasteiger partial charge in [-0.3, -0.25) is 29.5 Å². The fraction of sp³-hybridized carbons (Fsp3) is 0.318. The molecule has 3 amide bonds. The van der Waals surface area contributed by atoms with Crippen molar-refractivity contribution in [3.05, 3.63) is 99.6 Å². The van der Waals surface area contributed by atoms with Crippen molar-refractivity contribution in [3.8, 4) is 23.2 Å². The van der Waals surface area contributed by atoms with Gasteiger partial charge in [0.2, 0.25) is 11.8 Å². The lowest BCUT2D eigenvalue weighted by Crippen LogP contribution is -2.39. The maximum atomic E-state index is 14.1. The molecule has 298 valence electrons. The Morgan fingerprint density at radius 1 is 0.983 bits per heavy atom. The highest BCUT2D eigenvalue weighted by molar-refractivity contribution is 6.03. The summed E-state index contributed by atoms with van der Waals surface area (Å²) < 4.78 is 21.4. The number of pyridine rings is 3. The maximum absolute atomic E-state index is 14.1. The highest BCUT2D eigenvalue weighted by atomic mass is 19.1. The number of fused-ring (bicyclic) bond motifs is 3. The molecule has 0 bridgehead atoms. The molecule has 1 aromatic carbocycles. The molecule has 8 heterocycles. The van der Waals surface area contributed by atoms with Crippen LogP contribution >= 0.6 is 0 Å². The van der Waals surface area contributed by atoms with E-state index in [1.165, 1.54) is 0 Å². The van der Waals surface area contributed by atoms with Crippen LogP contribution in [0.2, 0.25) is 0 Å². The van der Waals surface area contributed by atoms with Gasteiger partial charge in [0.05, 0.1) is 41.8 Å². The molecule has 5 aromatic heterocycles. The van der Waals surface area contributed by atoms with Crippen LogP contribution in [0.4, 0.5) is 21.7 Å². The van der Waals surface area contributed by atoms with E-state index in [4.69, 9.17) is 19.4 Å². The van der Waals surface area contributed by atoms with Gasteiger partial charge in [0.25, 0.3) is 11.5 Å². The first-order valence-corrected chi connectivity index (χ1v) is 19.7. The highest BCUT2D eigenvalue weighted by Gasteiger charge is 2.31. The largest absolute Gasteiger partial charge is 0.464 e. The van der Waals surface area contributed by atoms with Gasteiger partial charge in [-0.05, 0) is 75.4 Å². The molecule has 9 rings (SSSR count). The normalized spacial score (nSPS) is 17.1. The number of carbonyl (C=O) groups excluding carboxylic acids is 3. The number of benzene rings is 1. The van der Waals surface area contributed by atoms with Gasteiger partial charge in [-0.15, -0.1) is 0 Å². The van der Waals surface area contributed by atoms with Crippen molar-refractivity contribution < 1.29 is 23.2 Å². The number of alkyl halides is 1. The summed E-state index contributed by atoms with van der Waals surface area (Å²) >= 11 is 0. The summed E-state index contributed by atoms with van der Waals surface area (Å²) in [7, 11) is 1.77. The first kappa shape index (κ1) is 37.6. The second-order valence-electron chi connectivity index (χ2n) is 15.2. The number of nitrogens with one attached hydrogen (secondary N) is 2. The van der Waals surface area contributed by atoms with Crippen molar-refractivity contribution in [1.29, 1.82) is 0 Å². The number of hydrogen-bond donors (Lipinski definition) is 2. The van der Waals surface area contributed by atoms with Crippen molar-refractivity contribution >= 4 is 56.9 Å². The SMILES string of the molecule is Cc1cc2c(N3CCCc4nc(-c5ccc(C(=O)NCC#Cc6ccc7occ(C8CCC(=O)NC8=O)c7c6)nc5)ncc43)nc(N3CCC(F)CC3)cc2n(C)c1=O. The first-order chi connectivity index (χ1) is 28.6. The molecule has 2 saturated heterocycles. The van der Waals surface area contributed by atoms with Crippen molar-refractivity contribution in [2.75, 3.05) is 36.0 Å². The number of aromatic nitrogens is 5. The number of hydrogen-bond acceptors (Lipinski definition) is 11. The van der Waals surface area contributed by atoms with E-state index < -0.39 is 12.1 Å². The highest BCUT2D eigenvalue weighted by Crippen LogP contribution is 2.38. The maximum Gasteiger partial charge on any atom is 0.270 e. The van der Waals surface area contributed by atoms with Crippen molar-refractivity contribution in [1.82, 2.24) is 35.1 Å². The number of nitrogens with zero attached hydrogens (tertiary/aromatic N) is 7. The third-order valence-electron chi connectivity index (χ3n) is 11.3. The van der Waals surface area contributed by atoms with Gasteiger partial charge in [0.1, 0.15) is 29.1 Å². The van der Waals surface area contributed by atoms with Crippen molar-refractivity contribution in [2.24, 2.45) is 7.05 Å². The van der Waals surface area contributed by atoms with Gasteiger partial charge >= 0.3 is 0 Å². The standard InChI is InChI=1S/C44H40FN9O5/c1-25-19-31-35(52(2)44(25)58)21-38(53-17-13-28(45)14-18-53)50-41(31)54-16-4-6-33-36(54)23-48-40(49-33)27-8-10-34(47-22-27)43(57)46-15-3-5-26-7-11-37-30(20-26)32(24-59-37)29-9-12-39(55)51-42(29)56/h7-8,10-11,19-24,28-29H,4,6,9,12-18H2,1-2H3,(H,46,57)(H,51,55,56). The van der Waals surface area contributed by atoms with E-state index >= 15 is 0 Å². The van der Waals surface area contributed by atoms with Gasteiger partial charge in [-0.1, -0.05) is 11.8 Å². The van der Waals surface area contributed by atoms with E-state index in [9.17, 15) is 23.6 Å². The molecule has 0 spiro atoms. The second-order valence-corrected chi connectivity index (χ2v) is 15.2. The molecular weight excluding hydrogens is 754 g/mol. The number of rotatable bonds is 6. The van der Waals surface area contributed by atoms with Gasteiger partial charge in [-0.2, -0.15) is 0 Å². The lowest BCUT2D eigenvalue weighted by Gasteiger charge is -2.33. The Balaban J connectivity index is 0.901. The molecule has 2 N–H and O–H groups in total. The van der Waals surface area contributed by atoms with E-state index in [2.05, 4.69) is 37.3 Å². The van der Waals surface area contributed by atoms with E-state index in [1.54, 1.807) is 61.5 Å². The zero-order valence-corrected chi connectivity index (χ0v) is 32.5. The van der Waals surface area contributed by atoms with Crippen LogP contribution in [0.25, 0.3) is 33.3 Å². The number of anilines is 3. The van der Waals surface area contributed by atoms with Crippen LogP contribution in [0.1, 0.15) is 70.9 Å². The van der Waals surface area contributed by atoms with Crippen molar-refractivity contribution in [2.45, 2.75) is 57.5 Å². The molecule has 1 unspecified atom stereocenters. The Labute approximate surface area is 337 Å². The Morgan fingerprint density at radius 3 is 2.63 bits per heavy atom. The van der Waals surface area contributed by atoms with Crippen LogP contribution in [0.15, 0.2) is 70.3 Å².